The number of nitrogens with zero attached hydrogens (tertiary/aromatic N) is 2. The summed E-state index contributed by atoms with van der Waals surface area (Å²) in [5, 5.41) is 0. The number of carbonyl (C=O) groups is 1. The summed E-state index contributed by atoms with van der Waals surface area (Å²) in [5.74, 6) is -0.222. The summed E-state index contributed by atoms with van der Waals surface area (Å²) < 4.78 is 5.02. The van der Waals surface area contributed by atoms with Crippen LogP contribution in [0.5, 0.6) is 0 Å². The number of methoxy groups -OCH3 is 1. The van der Waals surface area contributed by atoms with Crippen LogP contribution in [0.3, 0.4) is 0 Å². The van der Waals surface area contributed by atoms with Crippen LogP contribution in [0.4, 0.5) is 5.69 Å². The molecule has 0 aromatic heterocycles. The van der Waals surface area contributed by atoms with Crippen LogP contribution in [0, 0.1) is 5.92 Å². The standard InChI is InChI=1S/C15H20N2O2/c1-15-10-7-5-6-8-12(10)17(3)14(15)16(2)9-11(15)13(18)19-4/h5-8,11,14H,9H2,1-4H3/t11?,14-,15-/m1/s1. The number of likely N-dealkylation sites (N-methyl/N-ethyl adjacent to an activating group) is 2. The van der Waals surface area contributed by atoms with Crippen molar-refractivity contribution >= 4 is 11.7 Å². The largest absolute Gasteiger partial charge is 0.469 e. The van der Waals surface area contributed by atoms with Crippen molar-refractivity contribution in [2.24, 2.45) is 5.92 Å². The normalized spacial score (nSPS) is 33.2. The molecule has 3 rings (SSSR count). The molecule has 1 saturated heterocycles. The van der Waals surface area contributed by atoms with E-state index in [1.807, 2.05) is 12.1 Å². The van der Waals surface area contributed by atoms with E-state index in [9.17, 15) is 4.79 Å². The monoisotopic (exact) mass is 260 g/mol. The van der Waals surface area contributed by atoms with E-state index in [2.05, 4.69) is 43.0 Å². The number of carbonyl (C=O) groups excluding carboxylic acids is 1. The summed E-state index contributed by atoms with van der Waals surface area (Å²) in [7, 11) is 5.66. The van der Waals surface area contributed by atoms with Gasteiger partial charge in [0.25, 0.3) is 0 Å². The van der Waals surface area contributed by atoms with Gasteiger partial charge in [-0.15, -0.1) is 0 Å². The van der Waals surface area contributed by atoms with Crippen molar-refractivity contribution < 1.29 is 9.53 Å². The SMILES string of the molecule is COC(=O)C1CN(C)[C@@H]2N(C)c3ccccc3[C@]12C. The number of hydrogen-bond donors (Lipinski definition) is 0. The Morgan fingerprint density at radius 2 is 2.05 bits per heavy atom. The molecule has 1 unspecified atom stereocenters. The van der Waals surface area contributed by atoms with Gasteiger partial charge >= 0.3 is 5.97 Å². The fourth-order valence-electron chi connectivity index (χ4n) is 4.07. The average Bonchev–Trinajstić information content (AvgIpc) is 2.81. The molecular weight excluding hydrogens is 240 g/mol. The lowest BCUT2D eigenvalue weighted by atomic mass is 9.74. The van der Waals surface area contributed by atoms with E-state index in [4.69, 9.17) is 4.74 Å². The molecule has 0 saturated carbocycles. The molecule has 0 spiro atoms. The van der Waals surface area contributed by atoms with E-state index in [1.54, 1.807) is 0 Å². The summed E-state index contributed by atoms with van der Waals surface area (Å²) in [5.41, 5.74) is 2.27. The molecule has 0 amide bonds. The van der Waals surface area contributed by atoms with Crippen molar-refractivity contribution in [3.8, 4) is 0 Å². The molecule has 1 aromatic carbocycles. The molecule has 1 aromatic rings. The molecule has 2 aliphatic heterocycles. The maximum atomic E-state index is 12.2. The lowest BCUT2D eigenvalue weighted by molar-refractivity contribution is -0.146. The Bertz CT molecular complexity index is 531. The second-order valence-corrected chi connectivity index (χ2v) is 5.80. The van der Waals surface area contributed by atoms with Gasteiger partial charge in [0.05, 0.1) is 19.2 Å². The van der Waals surface area contributed by atoms with Gasteiger partial charge in [0.1, 0.15) is 0 Å². The van der Waals surface area contributed by atoms with Crippen molar-refractivity contribution in [2.75, 3.05) is 32.6 Å². The highest BCUT2D eigenvalue weighted by Gasteiger charge is 2.60. The topological polar surface area (TPSA) is 32.8 Å². The lowest BCUT2D eigenvalue weighted by Crippen LogP contribution is -2.47. The fraction of sp³-hybridized carbons (Fsp3) is 0.533. The molecule has 4 nitrogen and oxygen atoms in total. The predicted molar refractivity (Wildman–Crippen MR) is 74.1 cm³/mol. The average molecular weight is 260 g/mol. The molecule has 1 fully saturated rings. The highest BCUT2D eigenvalue weighted by atomic mass is 16.5. The number of anilines is 1. The van der Waals surface area contributed by atoms with Crippen molar-refractivity contribution in [1.82, 2.24) is 4.90 Å². The minimum atomic E-state index is -0.201. The van der Waals surface area contributed by atoms with Gasteiger partial charge in [-0.1, -0.05) is 25.1 Å². The number of esters is 1. The van der Waals surface area contributed by atoms with Crippen LogP contribution in [-0.2, 0) is 14.9 Å². The van der Waals surface area contributed by atoms with Crippen molar-refractivity contribution in [1.29, 1.82) is 0 Å². The first-order valence-electron chi connectivity index (χ1n) is 6.62. The Kier molecular flexibility index (Phi) is 2.61. The maximum absolute atomic E-state index is 12.2. The molecule has 0 aliphatic carbocycles. The Morgan fingerprint density at radius 1 is 1.37 bits per heavy atom. The molecule has 0 N–H and O–H groups in total. The number of rotatable bonds is 1. The van der Waals surface area contributed by atoms with Crippen molar-refractivity contribution in [2.45, 2.75) is 18.5 Å². The van der Waals surface area contributed by atoms with Gasteiger partial charge in [0, 0.05) is 24.7 Å². The molecule has 4 heteroatoms. The van der Waals surface area contributed by atoms with Gasteiger partial charge in [-0.25, -0.2) is 0 Å². The van der Waals surface area contributed by atoms with Crippen molar-refractivity contribution in [3.05, 3.63) is 29.8 Å². The van der Waals surface area contributed by atoms with E-state index in [1.165, 1.54) is 18.4 Å². The second-order valence-electron chi connectivity index (χ2n) is 5.80. The van der Waals surface area contributed by atoms with E-state index in [-0.39, 0.29) is 23.5 Å². The molecule has 0 radical (unpaired) electrons. The van der Waals surface area contributed by atoms with Crippen LogP contribution in [0.2, 0.25) is 0 Å². The van der Waals surface area contributed by atoms with Crippen molar-refractivity contribution in [3.63, 3.8) is 0 Å². The zero-order valence-corrected chi connectivity index (χ0v) is 11.9. The summed E-state index contributed by atoms with van der Waals surface area (Å²) in [6.07, 6.45) is 0.217. The third-order valence-electron chi connectivity index (χ3n) is 4.87. The molecular formula is C15H20N2O2. The van der Waals surface area contributed by atoms with E-state index >= 15 is 0 Å². The molecule has 0 bridgehead atoms. The third kappa shape index (κ3) is 1.40. The van der Waals surface area contributed by atoms with Gasteiger partial charge < -0.3 is 9.64 Å². The number of para-hydroxylation sites is 1. The van der Waals surface area contributed by atoms with Gasteiger partial charge in [0.2, 0.25) is 0 Å². The summed E-state index contributed by atoms with van der Waals surface area (Å²) in [6, 6.07) is 8.36. The smallest absolute Gasteiger partial charge is 0.311 e. The Balaban J connectivity index is 2.16. The van der Waals surface area contributed by atoms with Gasteiger partial charge in [-0.2, -0.15) is 0 Å². The number of fused-ring (bicyclic) bond motifs is 3. The minimum Gasteiger partial charge on any atom is -0.469 e. The first-order valence-corrected chi connectivity index (χ1v) is 6.62. The highest BCUT2D eigenvalue weighted by Crippen LogP contribution is 2.53. The van der Waals surface area contributed by atoms with Crippen LogP contribution in [-0.4, -0.2) is 44.8 Å². The van der Waals surface area contributed by atoms with E-state index < -0.39 is 0 Å². The molecule has 102 valence electrons. The molecule has 19 heavy (non-hydrogen) atoms. The predicted octanol–water partition coefficient (Wildman–Crippen LogP) is 1.45. The highest BCUT2D eigenvalue weighted by molar-refractivity contribution is 5.79. The summed E-state index contributed by atoms with van der Waals surface area (Å²) in [4.78, 5) is 16.7. The van der Waals surface area contributed by atoms with Crippen LogP contribution < -0.4 is 4.90 Å². The minimum absolute atomic E-state index is 0.109. The number of benzene rings is 1. The number of ether oxygens (including phenoxy) is 1. The lowest BCUT2D eigenvalue weighted by Gasteiger charge is -2.33. The molecule has 3 atom stereocenters. The van der Waals surface area contributed by atoms with E-state index in [0.29, 0.717) is 0 Å². The summed E-state index contributed by atoms with van der Waals surface area (Å²) >= 11 is 0. The Morgan fingerprint density at radius 3 is 2.74 bits per heavy atom. The van der Waals surface area contributed by atoms with E-state index in [0.717, 1.165) is 6.54 Å². The first-order chi connectivity index (χ1) is 9.01. The summed E-state index contributed by atoms with van der Waals surface area (Å²) in [6.45, 7) is 2.93. The Hall–Kier alpha value is -1.55. The zero-order valence-electron chi connectivity index (χ0n) is 11.9. The van der Waals surface area contributed by atoms with Gasteiger partial charge in [0.15, 0.2) is 0 Å². The number of hydrogen-bond acceptors (Lipinski definition) is 4. The molecule has 2 aliphatic rings. The number of likely N-dealkylation sites (tertiary alicyclic amines) is 1. The maximum Gasteiger partial charge on any atom is 0.311 e. The van der Waals surface area contributed by atoms with Crippen LogP contribution in [0.1, 0.15) is 12.5 Å². The molecule has 2 heterocycles. The fourth-order valence-corrected chi connectivity index (χ4v) is 4.07. The zero-order chi connectivity index (χ0) is 13.8. The van der Waals surface area contributed by atoms with Gasteiger partial charge in [-0.3, -0.25) is 9.69 Å². The Labute approximate surface area is 113 Å². The first kappa shape index (κ1) is 12.5. The van der Waals surface area contributed by atoms with Crippen LogP contribution in [0.15, 0.2) is 24.3 Å². The quantitative estimate of drug-likeness (QED) is 0.716. The van der Waals surface area contributed by atoms with Gasteiger partial charge in [-0.05, 0) is 18.7 Å². The van der Waals surface area contributed by atoms with Crippen LogP contribution >= 0.6 is 0 Å². The third-order valence-corrected chi connectivity index (χ3v) is 4.87. The van der Waals surface area contributed by atoms with Crippen LogP contribution in [0.25, 0.3) is 0 Å². The second kappa shape index (κ2) is 3.97.